The highest BCUT2D eigenvalue weighted by atomic mass is 80.0. The lowest BCUT2D eigenvalue weighted by atomic mass is 10.2. The van der Waals surface area contributed by atoms with Gasteiger partial charge in [0.05, 0.1) is 20.6 Å². The van der Waals surface area contributed by atoms with E-state index in [4.69, 9.17) is 0 Å². The average molecular weight is 1310 g/mol. The third-order valence-electron chi connectivity index (χ3n) is 5.41. The predicted octanol–water partition coefficient (Wildman–Crippen LogP) is 9.66. The van der Waals surface area contributed by atoms with Crippen LogP contribution in [0.1, 0.15) is 11.3 Å². The SMILES string of the molecule is Cc1cc(S(=O)(=O)C(Br)(Br)Br)c2ccccc2n1.Cc1ccc2sc(S(=O)(=O)C(Br)(Br)Br)nc2c1.O=S(=O)(c1ncn[nH]1)C(Br)(Br)Br. The van der Waals surface area contributed by atoms with Crippen molar-refractivity contribution in [3.63, 3.8) is 0 Å². The van der Waals surface area contributed by atoms with E-state index in [9.17, 15) is 25.3 Å². The average Bonchev–Trinajstić information content (AvgIpc) is 3.62. The minimum absolute atomic E-state index is 0.0729. The molecule has 5 rings (SSSR count). The molecule has 0 bridgehead atoms. The summed E-state index contributed by atoms with van der Waals surface area (Å²) in [5, 5.41) is 6.06. The number of fused-ring (bicyclic) bond motifs is 2. The van der Waals surface area contributed by atoms with Gasteiger partial charge >= 0.3 is 0 Å². The molecule has 0 amide bonds. The molecule has 5 aromatic rings. The summed E-state index contributed by atoms with van der Waals surface area (Å²) in [7, 11) is -10.8. The zero-order valence-electron chi connectivity index (χ0n) is 23.0. The van der Waals surface area contributed by atoms with Gasteiger partial charge in [-0.2, -0.15) is 5.10 Å². The summed E-state index contributed by atoms with van der Waals surface area (Å²) >= 11 is 28.1. The molecule has 0 aliphatic rings. The Hall–Kier alpha value is 1.05. The van der Waals surface area contributed by atoms with Gasteiger partial charge in [-0.15, -0.1) is 11.3 Å². The van der Waals surface area contributed by atoms with E-state index in [2.05, 4.69) is 169 Å². The van der Waals surface area contributed by atoms with E-state index in [0.29, 0.717) is 22.1 Å². The lowest BCUT2D eigenvalue weighted by Crippen LogP contribution is -2.19. The van der Waals surface area contributed by atoms with Gasteiger partial charge < -0.3 is 0 Å². The van der Waals surface area contributed by atoms with Crippen LogP contribution in [0.3, 0.4) is 0 Å². The molecular weight excluding hydrogens is 1290 g/mol. The third-order valence-corrected chi connectivity index (χ3v) is 22.7. The number of hydrogen-bond acceptors (Lipinski definition) is 11. The van der Waals surface area contributed by atoms with Crippen molar-refractivity contribution in [2.45, 2.75) is 32.7 Å². The van der Waals surface area contributed by atoms with Crippen LogP contribution in [0, 0.1) is 13.8 Å². The second-order valence-electron chi connectivity index (χ2n) is 8.87. The summed E-state index contributed by atoms with van der Waals surface area (Å²) in [6.45, 7) is 3.71. The highest BCUT2D eigenvalue weighted by molar-refractivity contribution is 9.43. The first-order chi connectivity index (χ1) is 21.3. The fraction of sp³-hybridized carbons (Fsp3) is 0.217. The van der Waals surface area contributed by atoms with Crippen molar-refractivity contribution in [2.24, 2.45) is 0 Å². The van der Waals surface area contributed by atoms with E-state index in [1.807, 2.05) is 31.2 Å². The van der Waals surface area contributed by atoms with E-state index in [1.165, 1.54) is 0 Å². The molecule has 3 heterocycles. The molecule has 24 heteroatoms. The number of alkyl halides is 9. The van der Waals surface area contributed by atoms with Crippen LogP contribution in [0.15, 0.2) is 69.2 Å². The van der Waals surface area contributed by atoms with Crippen LogP contribution in [0.4, 0.5) is 0 Å². The molecule has 0 fully saturated rings. The third kappa shape index (κ3) is 10.1. The summed E-state index contributed by atoms with van der Waals surface area (Å²) in [6, 6.07) is 14.4. The van der Waals surface area contributed by atoms with Gasteiger partial charge in [0, 0.05) is 11.1 Å². The fourth-order valence-corrected chi connectivity index (χ4v) is 12.4. The first-order valence-corrected chi connectivity index (χ1v) is 24.2. The summed E-state index contributed by atoms with van der Waals surface area (Å²) in [5.41, 5.74) is 3.07. The topological polar surface area (TPSA) is 170 Å². The zero-order valence-corrected chi connectivity index (χ0v) is 40.5. The Kier molecular flexibility index (Phi) is 14.4. The van der Waals surface area contributed by atoms with E-state index in [1.54, 1.807) is 31.2 Å². The molecule has 0 spiro atoms. The Labute approximate surface area is 349 Å². The van der Waals surface area contributed by atoms with E-state index < -0.39 is 33.9 Å². The molecule has 1 N–H and O–H groups in total. The standard InChI is InChI=1S/C11H8Br3NO2S.C9H6Br3NO2S2.C3H2Br3N3O2S/c1-7-6-10(18(16,17)11(12,13)14)8-4-2-3-5-9(8)15-7;1-5-2-3-7-6(4-5)13-8(16-7)17(14,15)9(10,11)12;4-3(5,6)12(10,11)2-7-1-8-9-2/h2-6H,1H3;2-4H,1H3;1H,(H,7,8,9). The number of aryl methyl sites for hydroxylation is 2. The largest absolute Gasteiger partial charge is 0.253 e. The summed E-state index contributed by atoms with van der Waals surface area (Å²) in [5.74, 6) is 0. The second kappa shape index (κ2) is 16.0. The molecule has 3 aromatic heterocycles. The number of hydrogen-bond donors (Lipinski definition) is 1. The van der Waals surface area contributed by atoms with Gasteiger partial charge in [-0.1, -0.05) is 24.3 Å². The van der Waals surface area contributed by atoms with Crippen LogP contribution < -0.4 is 0 Å². The van der Waals surface area contributed by atoms with Gasteiger partial charge in [-0.25, -0.2) is 40.3 Å². The molecule has 11 nitrogen and oxygen atoms in total. The second-order valence-corrected chi connectivity index (χ2v) is 41.2. The van der Waals surface area contributed by atoms with Crippen molar-refractivity contribution in [3.05, 3.63) is 66.1 Å². The number of thiazole rings is 1. The highest BCUT2D eigenvalue weighted by Gasteiger charge is 2.41. The summed E-state index contributed by atoms with van der Waals surface area (Å²) in [6.07, 6.45) is 1.12. The van der Waals surface area contributed by atoms with Crippen LogP contribution in [-0.4, -0.2) is 54.8 Å². The summed E-state index contributed by atoms with van der Waals surface area (Å²) < 4.78 is 68.8. The minimum Gasteiger partial charge on any atom is -0.253 e. The number of rotatable bonds is 3. The summed E-state index contributed by atoms with van der Waals surface area (Å²) in [4.78, 5) is 12.2. The minimum atomic E-state index is -3.62. The molecule has 0 aliphatic heterocycles. The number of aromatic nitrogens is 5. The van der Waals surface area contributed by atoms with Crippen molar-refractivity contribution in [1.29, 1.82) is 0 Å². The van der Waals surface area contributed by atoms with Gasteiger partial charge in [-0.05, 0) is 187 Å². The van der Waals surface area contributed by atoms with Crippen molar-refractivity contribution in [3.8, 4) is 0 Å². The van der Waals surface area contributed by atoms with Gasteiger partial charge in [0.25, 0.3) is 0 Å². The fourth-order valence-electron chi connectivity index (χ4n) is 3.28. The van der Waals surface area contributed by atoms with Crippen LogP contribution in [-0.2, 0) is 29.5 Å². The molecule has 0 aliphatic carbocycles. The van der Waals surface area contributed by atoms with Crippen LogP contribution in [0.2, 0.25) is 0 Å². The molecule has 2 aromatic carbocycles. The molecular formula is C23H16Br9N5O6S4. The number of para-hydroxylation sites is 1. The number of nitrogens with one attached hydrogen (secondary N) is 1. The molecule has 0 radical (unpaired) electrons. The van der Waals surface area contributed by atoms with Crippen LogP contribution in [0.25, 0.3) is 21.1 Å². The first-order valence-electron chi connectivity index (χ1n) is 11.8. The smallest absolute Gasteiger partial charge is 0.249 e. The lowest BCUT2D eigenvalue weighted by Gasteiger charge is -2.15. The van der Waals surface area contributed by atoms with Gasteiger partial charge in [0.1, 0.15) is 6.33 Å². The Morgan fingerprint density at radius 1 is 0.681 bits per heavy atom. The molecule has 0 saturated heterocycles. The van der Waals surface area contributed by atoms with E-state index in [0.717, 1.165) is 27.9 Å². The van der Waals surface area contributed by atoms with Gasteiger partial charge in [-0.3, -0.25) is 4.98 Å². The van der Waals surface area contributed by atoms with Gasteiger partial charge in [0.2, 0.25) is 43.4 Å². The predicted molar refractivity (Wildman–Crippen MR) is 217 cm³/mol. The quantitative estimate of drug-likeness (QED) is 0.172. The maximum Gasteiger partial charge on any atom is 0.249 e. The molecule has 0 saturated carbocycles. The van der Waals surface area contributed by atoms with Crippen LogP contribution >= 0.6 is 155 Å². The zero-order chi connectivity index (χ0) is 35.8. The Morgan fingerprint density at radius 2 is 1.26 bits per heavy atom. The van der Waals surface area contributed by atoms with E-state index in [-0.39, 0.29) is 14.4 Å². The van der Waals surface area contributed by atoms with Gasteiger partial charge in [0.15, 0.2) is 0 Å². The maximum atomic E-state index is 12.5. The van der Waals surface area contributed by atoms with Crippen molar-refractivity contribution >= 4 is 205 Å². The van der Waals surface area contributed by atoms with E-state index >= 15 is 0 Å². The Morgan fingerprint density at radius 3 is 1.79 bits per heavy atom. The maximum absolute atomic E-state index is 12.5. The number of benzene rings is 2. The van der Waals surface area contributed by atoms with Crippen molar-refractivity contribution in [2.75, 3.05) is 0 Å². The molecule has 0 atom stereocenters. The number of nitrogens with zero attached hydrogens (tertiary/aromatic N) is 4. The Bertz CT molecular complexity index is 2230. The number of sulfone groups is 3. The van der Waals surface area contributed by atoms with Crippen molar-refractivity contribution < 1.29 is 25.3 Å². The molecule has 47 heavy (non-hydrogen) atoms. The number of halogens is 9. The molecule has 256 valence electrons. The monoisotopic (exact) mass is 1300 g/mol. The number of aromatic amines is 1. The molecule has 0 unspecified atom stereocenters. The number of H-pyrrole nitrogens is 1. The van der Waals surface area contributed by atoms with Crippen LogP contribution in [0.5, 0.6) is 0 Å². The Balaban J connectivity index is 0.000000196. The highest BCUT2D eigenvalue weighted by Crippen LogP contribution is 2.46. The van der Waals surface area contributed by atoms with Crippen molar-refractivity contribution in [1.82, 2.24) is 25.1 Å². The normalized spacial score (nSPS) is 13.1. The number of pyridine rings is 1. The lowest BCUT2D eigenvalue weighted by molar-refractivity contribution is 0.590. The first kappa shape index (κ1) is 42.5.